The zero-order valence-electron chi connectivity index (χ0n) is 32.4. The number of nitrogens with zero attached hydrogens (tertiary/aromatic N) is 1. The molecule has 0 unspecified atom stereocenters. The fraction of sp³-hybridized carbons (Fsp3) is 0.244. The fourth-order valence-electron chi connectivity index (χ4n) is 7.09. The predicted molar refractivity (Wildman–Crippen MR) is 219 cm³/mol. The Morgan fingerprint density at radius 1 is 0.789 bits per heavy atom. The van der Waals surface area contributed by atoms with Crippen LogP contribution in [-0.2, 0) is 11.2 Å². The second kappa shape index (κ2) is 18.4. The summed E-state index contributed by atoms with van der Waals surface area (Å²) < 4.78 is 17.8. The summed E-state index contributed by atoms with van der Waals surface area (Å²) in [6, 6.07) is 29.1. The Morgan fingerprint density at radius 2 is 1.54 bits per heavy atom. The summed E-state index contributed by atoms with van der Waals surface area (Å²) in [6.45, 7) is 10.8. The van der Waals surface area contributed by atoms with Crippen molar-refractivity contribution < 1.29 is 40.3 Å². The quantitative estimate of drug-likeness (QED) is 0.0926. The normalized spacial score (nSPS) is 11.5. The Labute approximate surface area is 342 Å². The lowest BCUT2D eigenvalue weighted by Crippen LogP contribution is -3.00. The maximum Gasteiger partial charge on any atom is 0.251 e. The van der Waals surface area contributed by atoms with Crippen molar-refractivity contribution in [2.75, 3.05) is 31.5 Å². The van der Waals surface area contributed by atoms with E-state index in [0.29, 0.717) is 54.3 Å². The van der Waals surface area contributed by atoms with Crippen LogP contribution in [0.5, 0.6) is 0 Å². The van der Waals surface area contributed by atoms with Gasteiger partial charge < -0.3 is 41.7 Å². The number of anilines is 1. The minimum absolute atomic E-state index is 0. The molecule has 5 aromatic rings. The van der Waals surface area contributed by atoms with Gasteiger partial charge in [0.15, 0.2) is 22.4 Å². The molecule has 57 heavy (non-hydrogen) atoms. The Morgan fingerprint density at radius 3 is 2.28 bits per heavy atom. The van der Waals surface area contributed by atoms with Crippen molar-refractivity contribution in [3.63, 3.8) is 0 Å². The van der Waals surface area contributed by atoms with Gasteiger partial charge in [-0.3, -0.25) is 9.59 Å². The van der Waals surface area contributed by atoms with Crippen molar-refractivity contribution in [2.24, 2.45) is 0 Å². The van der Waals surface area contributed by atoms with Crippen LogP contribution in [0.3, 0.4) is 0 Å². The van der Waals surface area contributed by atoms with E-state index in [9.17, 15) is 9.59 Å². The minimum atomic E-state index is -0.199. The molecule has 294 valence electrons. The van der Waals surface area contributed by atoms with Gasteiger partial charge in [0.05, 0.1) is 18.1 Å². The topological polar surface area (TPSA) is 137 Å². The molecule has 1 aliphatic carbocycles. The highest BCUT2D eigenvalue weighted by Gasteiger charge is 2.25. The minimum Gasteiger partial charge on any atom is -1.00 e. The van der Waals surface area contributed by atoms with Gasteiger partial charge in [0.1, 0.15) is 17.9 Å². The van der Waals surface area contributed by atoms with Gasteiger partial charge in [-0.05, 0) is 99.2 Å². The van der Waals surface area contributed by atoms with Crippen LogP contribution in [0.25, 0.3) is 56.0 Å². The standard InChI is InChI=1S/C45H44ClN5O5.ClH/c1-5-47-34-24-37-32(22-27(34)3)43(33-23-28(4)35(48-6-2)25-38(33)54-37)30-16-10-11-17-31(30)45(53)50-21-13-12-20-49-41(52)26-39-42(29-14-8-7-9-15-29)44(51-56-39)36-18-19-40(46)55-36;/h7-11,14-19,22-25,47H,5-6,12-13,20-21,26H2,1-4H3,(H,49,52)(H,50,53);1H. The molecule has 0 saturated heterocycles. The summed E-state index contributed by atoms with van der Waals surface area (Å²) in [4.78, 5) is 30.4. The monoisotopic (exact) mass is 805 g/mol. The van der Waals surface area contributed by atoms with E-state index in [1.54, 1.807) is 12.1 Å². The lowest BCUT2D eigenvalue weighted by Gasteiger charge is -2.19. The Kier molecular flexibility index (Phi) is 13.2. The maximum absolute atomic E-state index is 13.9. The molecule has 7 rings (SSSR count). The number of hydrogen-bond donors (Lipinski definition) is 4. The van der Waals surface area contributed by atoms with Crippen molar-refractivity contribution in [2.45, 2.75) is 47.0 Å². The molecule has 0 fully saturated rings. The van der Waals surface area contributed by atoms with E-state index in [-0.39, 0.29) is 35.9 Å². The molecule has 3 heterocycles. The molecule has 0 saturated carbocycles. The highest BCUT2D eigenvalue weighted by Crippen LogP contribution is 2.43. The van der Waals surface area contributed by atoms with Crippen LogP contribution in [0.2, 0.25) is 5.22 Å². The summed E-state index contributed by atoms with van der Waals surface area (Å²) in [5.74, 6) is 1.25. The van der Waals surface area contributed by atoms with Gasteiger partial charge in [-0.25, -0.2) is 4.99 Å². The number of carbonyl (C=O) groups excluding carboxylic acids is 2. The molecule has 2 amide bonds. The summed E-state index contributed by atoms with van der Waals surface area (Å²) in [5, 5.41) is 15.9. The smallest absolute Gasteiger partial charge is 0.251 e. The highest BCUT2D eigenvalue weighted by molar-refractivity contribution is 6.29. The number of aryl methyl sites for hydroxylation is 2. The van der Waals surface area contributed by atoms with Crippen molar-refractivity contribution >= 4 is 40.1 Å². The number of hydrogen-bond acceptors (Lipinski definition) is 7. The fourth-order valence-corrected chi connectivity index (χ4v) is 7.24. The van der Waals surface area contributed by atoms with E-state index in [2.05, 4.69) is 65.9 Å². The Hall–Kier alpha value is -5.84. The molecule has 1 aliphatic heterocycles. The van der Waals surface area contributed by atoms with Gasteiger partial charge in [0, 0.05) is 59.0 Å². The molecule has 2 aliphatic rings. The molecule has 3 aromatic carbocycles. The molecular weight excluding hydrogens is 761 g/mol. The van der Waals surface area contributed by atoms with Crippen LogP contribution in [0.15, 0.2) is 104 Å². The number of rotatable bonds is 14. The molecule has 0 spiro atoms. The summed E-state index contributed by atoms with van der Waals surface area (Å²) in [5.41, 5.74) is 9.23. The zero-order chi connectivity index (χ0) is 39.2. The van der Waals surface area contributed by atoms with Gasteiger partial charge in [0.2, 0.25) is 11.3 Å². The van der Waals surface area contributed by atoms with Gasteiger partial charge in [-0.15, -0.1) is 0 Å². The van der Waals surface area contributed by atoms with Crippen LogP contribution in [0.1, 0.15) is 53.9 Å². The lowest BCUT2D eigenvalue weighted by molar-refractivity contribution is -0.496. The van der Waals surface area contributed by atoms with Gasteiger partial charge in [-0.2, -0.15) is 0 Å². The van der Waals surface area contributed by atoms with E-state index in [0.717, 1.165) is 74.2 Å². The summed E-state index contributed by atoms with van der Waals surface area (Å²) >= 11 is 6.03. The van der Waals surface area contributed by atoms with Crippen LogP contribution >= 0.6 is 11.6 Å². The highest BCUT2D eigenvalue weighted by atomic mass is 35.5. The van der Waals surface area contributed by atoms with Crippen LogP contribution < -0.4 is 38.7 Å². The van der Waals surface area contributed by atoms with E-state index >= 15 is 0 Å². The Bertz CT molecular complexity index is 2560. The second-order valence-corrected chi connectivity index (χ2v) is 14.1. The van der Waals surface area contributed by atoms with Gasteiger partial charge in [0.25, 0.3) is 5.91 Å². The number of nitrogens with one attached hydrogen (secondary N) is 4. The van der Waals surface area contributed by atoms with Gasteiger partial charge in [-0.1, -0.05) is 53.7 Å². The molecular formula is C45H45Cl2N5O5. The molecule has 4 N–H and O–H groups in total. The first-order valence-electron chi connectivity index (χ1n) is 19.0. The molecule has 0 bridgehead atoms. The molecule has 0 radical (unpaired) electrons. The summed E-state index contributed by atoms with van der Waals surface area (Å²) in [6.07, 6.45) is 1.34. The van der Waals surface area contributed by atoms with Crippen LogP contribution in [0, 0.1) is 13.8 Å². The first-order valence-corrected chi connectivity index (χ1v) is 19.4. The molecule has 10 nitrogen and oxygen atoms in total. The molecule has 2 aromatic heterocycles. The van der Waals surface area contributed by atoms with Crippen molar-refractivity contribution in [3.8, 4) is 45.0 Å². The Balaban J connectivity index is 0.00000549. The second-order valence-electron chi connectivity index (χ2n) is 13.7. The first-order chi connectivity index (χ1) is 27.2. The maximum atomic E-state index is 13.9. The average Bonchev–Trinajstić information content (AvgIpc) is 3.82. The number of aromatic nitrogens is 1. The van der Waals surface area contributed by atoms with Crippen LogP contribution in [-0.4, -0.2) is 43.2 Å². The lowest BCUT2D eigenvalue weighted by atomic mass is 9.89. The van der Waals surface area contributed by atoms with Gasteiger partial charge >= 0.3 is 0 Å². The van der Waals surface area contributed by atoms with E-state index < -0.39 is 0 Å². The number of fused-ring (bicyclic) bond motifs is 2. The van der Waals surface area contributed by atoms with E-state index in [1.807, 2.05) is 66.7 Å². The molecule has 0 atom stereocenters. The van der Waals surface area contributed by atoms with Crippen LogP contribution in [0.4, 0.5) is 5.69 Å². The number of furan rings is 1. The third-order valence-corrected chi connectivity index (χ3v) is 9.95. The zero-order valence-corrected chi connectivity index (χ0v) is 33.9. The van der Waals surface area contributed by atoms with Crippen molar-refractivity contribution in [1.82, 2.24) is 15.8 Å². The third-order valence-electron chi connectivity index (χ3n) is 9.75. The number of amides is 2. The van der Waals surface area contributed by atoms with E-state index in [4.69, 9.17) is 25.0 Å². The number of unbranched alkanes of at least 4 members (excludes halogenated alkanes) is 1. The summed E-state index contributed by atoms with van der Waals surface area (Å²) in [7, 11) is 0. The largest absolute Gasteiger partial charge is 1.00 e. The predicted octanol–water partition coefficient (Wildman–Crippen LogP) is 4.70. The average molecular weight is 807 g/mol. The number of halogens is 2. The van der Waals surface area contributed by atoms with Crippen molar-refractivity contribution in [1.29, 1.82) is 0 Å². The third kappa shape index (κ3) is 8.93. The number of carbonyl (C=O) groups is 2. The first kappa shape index (κ1) is 40.8. The molecule has 12 heteroatoms. The van der Waals surface area contributed by atoms with Crippen molar-refractivity contribution in [3.05, 3.63) is 124 Å². The SMILES string of the molecule is CCNc1cc2oc3cc(=[NH+]CC)c(C)cc-3c(-c3ccccc3C(=O)NCCCCNC(=O)Cc3onc(-c4ccc(Cl)o4)c3-c3ccccc3)c2cc1C.[Cl-]. The number of benzene rings is 4. The van der Waals surface area contributed by atoms with E-state index in [1.165, 1.54) is 0 Å².